The van der Waals surface area contributed by atoms with Crippen LogP contribution in [0.15, 0.2) is 43.0 Å². The fraction of sp³-hybridized carbons (Fsp3) is 0.474. The van der Waals surface area contributed by atoms with Crippen molar-refractivity contribution in [1.82, 2.24) is 5.32 Å². The zero-order chi connectivity index (χ0) is 19.6. The van der Waals surface area contributed by atoms with E-state index < -0.39 is 12.1 Å². The predicted octanol–water partition coefficient (Wildman–Crippen LogP) is 1.69. The van der Waals surface area contributed by atoms with Crippen LogP contribution in [0.25, 0.3) is 0 Å². The summed E-state index contributed by atoms with van der Waals surface area (Å²) >= 11 is 0. The molecule has 1 amide bonds. The van der Waals surface area contributed by atoms with Crippen LogP contribution in [0.1, 0.15) is 5.56 Å². The van der Waals surface area contributed by atoms with E-state index in [2.05, 4.69) is 11.9 Å². The van der Waals surface area contributed by atoms with Gasteiger partial charge in [-0.3, -0.25) is 0 Å². The largest absolute Gasteiger partial charge is 0.460 e. The molecule has 0 saturated carbocycles. The second-order valence-electron chi connectivity index (χ2n) is 5.20. The first-order valence-corrected chi connectivity index (χ1v) is 8.69. The summed E-state index contributed by atoms with van der Waals surface area (Å²) in [5.74, 6) is -0.467. The average Bonchev–Trinajstić information content (AvgIpc) is 2.70. The van der Waals surface area contributed by atoms with E-state index in [0.717, 1.165) is 11.6 Å². The molecule has 1 rings (SSSR count). The number of ether oxygens (including phenoxy) is 5. The zero-order valence-electron chi connectivity index (χ0n) is 15.4. The van der Waals surface area contributed by atoms with Gasteiger partial charge in [0.25, 0.3) is 0 Å². The molecule has 0 spiro atoms. The predicted molar refractivity (Wildman–Crippen MR) is 98.2 cm³/mol. The van der Waals surface area contributed by atoms with Gasteiger partial charge >= 0.3 is 12.1 Å². The molecule has 27 heavy (non-hydrogen) atoms. The van der Waals surface area contributed by atoms with Crippen molar-refractivity contribution in [3.63, 3.8) is 0 Å². The summed E-state index contributed by atoms with van der Waals surface area (Å²) in [5.41, 5.74) is 0.933. The maximum atomic E-state index is 11.5. The van der Waals surface area contributed by atoms with Crippen molar-refractivity contribution in [3.8, 4) is 0 Å². The van der Waals surface area contributed by atoms with Crippen molar-refractivity contribution in [1.29, 1.82) is 0 Å². The lowest BCUT2D eigenvalue weighted by Crippen LogP contribution is -2.28. The first-order chi connectivity index (χ1) is 13.2. The van der Waals surface area contributed by atoms with Crippen LogP contribution < -0.4 is 5.32 Å². The SMILES string of the molecule is C=CC(=O)OCCOCCOCCOCCNC(=O)OCc1ccccc1. The van der Waals surface area contributed by atoms with Gasteiger partial charge in [-0.1, -0.05) is 36.9 Å². The molecular weight excluding hydrogens is 354 g/mol. The molecule has 1 aromatic rings. The average molecular weight is 381 g/mol. The number of amides is 1. The van der Waals surface area contributed by atoms with Gasteiger partial charge in [0.2, 0.25) is 0 Å². The number of hydrogen-bond donors (Lipinski definition) is 1. The van der Waals surface area contributed by atoms with Gasteiger partial charge in [-0.05, 0) is 5.56 Å². The van der Waals surface area contributed by atoms with Crippen LogP contribution in [-0.4, -0.2) is 64.9 Å². The molecule has 0 fully saturated rings. The van der Waals surface area contributed by atoms with Crippen LogP contribution in [0.4, 0.5) is 4.79 Å². The fourth-order valence-corrected chi connectivity index (χ4v) is 1.80. The second-order valence-corrected chi connectivity index (χ2v) is 5.20. The Morgan fingerprint density at radius 3 is 2.07 bits per heavy atom. The van der Waals surface area contributed by atoms with Crippen molar-refractivity contribution in [2.75, 3.05) is 52.8 Å². The Labute approximate surface area is 159 Å². The molecule has 1 aromatic carbocycles. The maximum Gasteiger partial charge on any atom is 0.407 e. The molecule has 0 saturated heterocycles. The van der Waals surface area contributed by atoms with Crippen LogP contribution in [0.5, 0.6) is 0 Å². The third-order valence-corrected chi connectivity index (χ3v) is 3.11. The molecule has 0 unspecified atom stereocenters. The Kier molecular flexibility index (Phi) is 13.2. The summed E-state index contributed by atoms with van der Waals surface area (Å²) in [6.45, 7) is 6.42. The highest BCUT2D eigenvalue weighted by Gasteiger charge is 2.01. The van der Waals surface area contributed by atoms with E-state index in [9.17, 15) is 9.59 Å². The molecular formula is C19H27NO7. The summed E-state index contributed by atoms with van der Waals surface area (Å²) in [5, 5.41) is 2.61. The number of rotatable bonds is 15. The minimum Gasteiger partial charge on any atom is -0.460 e. The lowest BCUT2D eigenvalue weighted by Gasteiger charge is -2.08. The first kappa shape index (κ1) is 22.6. The summed E-state index contributed by atoms with van der Waals surface area (Å²) < 4.78 is 25.7. The second kappa shape index (κ2) is 15.8. The third-order valence-electron chi connectivity index (χ3n) is 3.11. The van der Waals surface area contributed by atoms with Crippen molar-refractivity contribution in [2.24, 2.45) is 0 Å². The number of carbonyl (C=O) groups is 2. The van der Waals surface area contributed by atoms with Gasteiger partial charge in [0, 0.05) is 12.6 Å². The number of benzene rings is 1. The lowest BCUT2D eigenvalue weighted by molar-refractivity contribution is -0.139. The van der Waals surface area contributed by atoms with E-state index in [1.165, 1.54) is 0 Å². The third kappa shape index (κ3) is 13.4. The minimum atomic E-state index is -0.477. The Balaban J connectivity index is 1.80. The summed E-state index contributed by atoms with van der Waals surface area (Å²) in [6.07, 6.45) is 0.626. The van der Waals surface area contributed by atoms with Gasteiger partial charge in [-0.15, -0.1) is 0 Å². The first-order valence-electron chi connectivity index (χ1n) is 8.69. The molecule has 8 heteroatoms. The molecule has 0 bridgehead atoms. The van der Waals surface area contributed by atoms with Crippen LogP contribution in [0.2, 0.25) is 0 Å². The highest BCUT2D eigenvalue weighted by Crippen LogP contribution is 2.00. The monoisotopic (exact) mass is 381 g/mol. The highest BCUT2D eigenvalue weighted by molar-refractivity contribution is 5.81. The lowest BCUT2D eigenvalue weighted by atomic mass is 10.2. The molecule has 0 aliphatic rings. The van der Waals surface area contributed by atoms with Crippen LogP contribution in [0.3, 0.4) is 0 Å². The van der Waals surface area contributed by atoms with Crippen LogP contribution in [0, 0.1) is 0 Å². The molecule has 0 aliphatic carbocycles. The van der Waals surface area contributed by atoms with Gasteiger partial charge in [0.1, 0.15) is 13.2 Å². The quantitative estimate of drug-likeness (QED) is 0.281. The minimum absolute atomic E-state index is 0.189. The van der Waals surface area contributed by atoms with Crippen LogP contribution in [-0.2, 0) is 35.1 Å². The maximum absolute atomic E-state index is 11.5. The Hall–Kier alpha value is -2.42. The van der Waals surface area contributed by atoms with Gasteiger partial charge in [0.15, 0.2) is 0 Å². The molecule has 0 aliphatic heterocycles. The van der Waals surface area contributed by atoms with E-state index in [1.807, 2.05) is 30.3 Å². The van der Waals surface area contributed by atoms with E-state index in [0.29, 0.717) is 46.2 Å². The van der Waals surface area contributed by atoms with E-state index >= 15 is 0 Å². The molecule has 1 N–H and O–H groups in total. The summed E-state index contributed by atoms with van der Waals surface area (Å²) in [4.78, 5) is 22.3. The highest BCUT2D eigenvalue weighted by atomic mass is 16.6. The number of hydrogen-bond acceptors (Lipinski definition) is 7. The Bertz CT molecular complexity index is 536. The standard InChI is InChI=1S/C19H27NO7/c1-2-18(21)26-15-14-25-13-12-24-11-10-23-9-8-20-19(22)27-16-17-6-4-3-5-7-17/h2-7H,1,8-16H2,(H,20,22). The van der Waals surface area contributed by atoms with Gasteiger partial charge in [0.05, 0.1) is 39.6 Å². The molecule has 150 valence electrons. The van der Waals surface area contributed by atoms with E-state index in [-0.39, 0.29) is 13.2 Å². The smallest absolute Gasteiger partial charge is 0.407 e. The van der Waals surface area contributed by atoms with Gasteiger partial charge < -0.3 is 29.0 Å². The van der Waals surface area contributed by atoms with Crippen molar-refractivity contribution in [2.45, 2.75) is 6.61 Å². The van der Waals surface area contributed by atoms with Crippen molar-refractivity contribution < 1.29 is 33.3 Å². The molecule has 0 aromatic heterocycles. The van der Waals surface area contributed by atoms with E-state index in [4.69, 9.17) is 23.7 Å². The molecule has 0 heterocycles. The van der Waals surface area contributed by atoms with E-state index in [1.54, 1.807) is 0 Å². The Morgan fingerprint density at radius 2 is 1.44 bits per heavy atom. The zero-order valence-corrected chi connectivity index (χ0v) is 15.4. The van der Waals surface area contributed by atoms with Crippen molar-refractivity contribution in [3.05, 3.63) is 48.6 Å². The summed E-state index contributed by atoms with van der Waals surface area (Å²) in [7, 11) is 0. The number of alkyl carbamates (subject to hydrolysis) is 1. The van der Waals surface area contributed by atoms with Crippen molar-refractivity contribution >= 4 is 12.1 Å². The number of carbonyl (C=O) groups excluding carboxylic acids is 2. The summed E-state index contributed by atoms with van der Waals surface area (Å²) in [6, 6.07) is 9.46. The Morgan fingerprint density at radius 1 is 0.852 bits per heavy atom. The molecule has 8 nitrogen and oxygen atoms in total. The number of esters is 1. The topological polar surface area (TPSA) is 92.3 Å². The fourth-order valence-electron chi connectivity index (χ4n) is 1.80. The van der Waals surface area contributed by atoms with Gasteiger partial charge in [-0.2, -0.15) is 0 Å². The normalized spacial score (nSPS) is 10.2. The molecule has 0 radical (unpaired) electrons. The number of nitrogens with one attached hydrogen (secondary N) is 1. The molecule has 0 atom stereocenters. The van der Waals surface area contributed by atoms with Gasteiger partial charge in [-0.25, -0.2) is 9.59 Å². The van der Waals surface area contributed by atoms with Crippen LogP contribution >= 0.6 is 0 Å².